The molecule has 0 radical (unpaired) electrons. The highest BCUT2D eigenvalue weighted by Crippen LogP contribution is 2.22. The number of phenols is 1. The molecule has 1 unspecified atom stereocenters. The van der Waals surface area contributed by atoms with E-state index in [9.17, 15) is 9.90 Å². The molecule has 2 aromatic rings. The Balaban J connectivity index is 2.15. The van der Waals surface area contributed by atoms with Gasteiger partial charge in [-0.2, -0.15) is 0 Å². The van der Waals surface area contributed by atoms with Crippen molar-refractivity contribution in [3.63, 3.8) is 0 Å². The van der Waals surface area contributed by atoms with Crippen LogP contribution < -0.4 is 11.1 Å². The molecule has 0 aromatic heterocycles. The number of nitrogen functional groups attached to an aromatic ring is 1. The number of amides is 1. The number of hydrogen-bond donors (Lipinski definition) is 3. The van der Waals surface area contributed by atoms with E-state index in [2.05, 4.69) is 5.32 Å². The molecular weight excluding hydrogens is 252 g/mol. The van der Waals surface area contributed by atoms with E-state index in [-0.39, 0.29) is 23.3 Å². The molecular formula is C16H18N2O2. The lowest BCUT2D eigenvalue weighted by Crippen LogP contribution is -2.26. The van der Waals surface area contributed by atoms with Gasteiger partial charge in [0, 0.05) is 5.69 Å². The van der Waals surface area contributed by atoms with Crippen LogP contribution in [0.25, 0.3) is 0 Å². The normalized spacial score (nSPS) is 11.9. The van der Waals surface area contributed by atoms with E-state index in [1.54, 1.807) is 37.3 Å². The van der Waals surface area contributed by atoms with E-state index in [0.717, 1.165) is 5.56 Å². The van der Waals surface area contributed by atoms with Crippen molar-refractivity contribution in [3.05, 3.63) is 59.2 Å². The summed E-state index contributed by atoms with van der Waals surface area (Å²) >= 11 is 0. The van der Waals surface area contributed by atoms with E-state index in [1.165, 1.54) is 0 Å². The fourth-order valence-corrected chi connectivity index (χ4v) is 1.98. The lowest BCUT2D eigenvalue weighted by atomic mass is 10.1. The van der Waals surface area contributed by atoms with E-state index in [4.69, 9.17) is 5.73 Å². The van der Waals surface area contributed by atoms with Crippen LogP contribution in [0.1, 0.15) is 34.5 Å². The molecule has 2 aromatic carbocycles. The molecule has 0 saturated carbocycles. The quantitative estimate of drug-likeness (QED) is 0.751. The van der Waals surface area contributed by atoms with Crippen molar-refractivity contribution in [3.8, 4) is 5.75 Å². The molecule has 4 N–H and O–H groups in total. The van der Waals surface area contributed by atoms with Crippen LogP contribution in [-0.2, 0) is 0 Å². The molecule has 0 aliphatic carbocycles. The summed E-state index contributed by atoms with van der Waals surface area (Å²) in [6, 6.07) is 12.3. The monoisotopic (exact) mass is 270 g/mol. The van der Waals surface area contributed by atoms with Gasteiger partial charge in [-0.15, -0.1) is 0 Å². The Morgan fingerprint density at radius 3 is 2.50 bits per heavy atom. The summed E-state index contributed by atoms with van der Waals surface area (Å²) in [6.07, 6.45) is 0. The molecule has 0 fully saturated rings. The Hall–Kier alpha value is -2.49. The second-order valence-corrected chi connectivity index (χ2v) is 4.83. The largest absolute Gasteiger partial charge is 0.507 e. The van der Waals surface area contributed by atoms with Crippen LogP contribution in [0, 0.1) is 6.92 Å². The first kappa shape index (κ1) is 13.9. The number of carbonyl (C=O) groups excluding carboxylic acids is 1. The van der Waals surface area contributed by atoms with E-state index in [0.29, 0.717) is 11.3 Å². The maximum absolute atomic E-state index is 12.2. The van der Waals surface area contributed by atoms with Crippen LogP contribution in [0.5, 0.6) is 5.75 Å². The molecule has 0 saturated heterocycles. The van der Waals surface area contributed by atoms with Gasteiger partial charge in [-0.1, -0.05) is 24.3 Å². The van der Waals surface area contributed by atoms with Crippen molar-refractivity contribution < 1.29 is 9.90 Å². The van der Waals surface area contributed by atoms with Gasteiger partial charge in [0.15, 0.2) is 0 Å². The zero-order valence-electron chi connectivity index (χ0n) is 11.6. The highest BCUT2D eigenvalue weighted by atomic mass is 16.3. The number of aryl methyl sites for hydroxylation is 1. The summed E-state index contributed by atoms with van der Waals surface area (Å²) in [7, 11) is 0. The van der Waals surface area contributed by atoms with E-state index < -0.39 is 0 Å². The summed E-state index contributed by atoms with van der Waals surface area (Å²) in [5, 5.41) is 12.8. The molecule has 0 bridgehead atoms. The Morgan fingerprint density at radius 2 is 1.85 bits per heavy atom. The minimum absolute atomic E-state index is 0.0227. The summed E-state index contributed by atoms with van der Waals surface area (Å²) in [5.41, 5.74) is 8.24. The summed E-state index contributed by atoms with van der Waals surface area (Å²) in [4.78, 5) is 12.2. The predicted molar refractivity (Wildman–Crippen MR) is 79.6 cm³/mol. The van der Waals surface area contributed by atoms with Crippen molar-refractivity contribution in [2.75, 3.05) is 5.73 Å². The number of nitrogens with one attached hydrogen (secondary N) is 1. The minimum Gasteiger partial charge on any atom is -0.507 e. The Kier molecular flexibility index (Phi) is 3.94. The Morgan fingerprint density at radius 1 is 1.20 bits per heavy atom. The number of phenolic OH excluding ortho intramolecular Hbond substituents is 1. The smallest absolute Gasteiger partial charge is 0.255 e. The number of nitrogens with two attached hydrogens (primary N) is 1. The minimum atomic E-state index is -0.296. The zero-order valence-corrected chi connectivity index (χ0v) is 11.6. The zero-order chi connectivity index (χ0) is 14.7. The van der Waals surface area contributed by atoms with Crippen LogP contribution in [0.4, 0.5) is 5.69 Å². The third-order valence-electron chi connectivity index (χ3n) is 3.27. The predicted octanol–water partition coefficient (Wildman–Crippen LogP) is 2.77. The van der Waals surface area contributed by atoms with Crippen molar-refractivity contribution in [2.45, 2.75) is 19.9 Å². The molecule has 104 valence electrons. The average molecular weight is 270 g/mol. The third-order valence-corrected chi connectivity index (χ3v) is 3.27. The number of para-hydroxylation sites is 1. The average Bonchev–Trinajstić information content (AvgIpc) is 2.42. The molecule has 0 aliphatic rings. The Bertz CT molecular complexity index is 621. The highest BCUT2D eigenvalue weighted by molar-refractivity contribution is 5.97. The van der Waals surface area contributed by atoms with Gasteiger partial charge in [-0.25, -0.2) is 0 Å². The number of carbonyl (C=O) groups is 1. The third kappa shape index (κ3) is 2.91. The molecule has 0 spiro atoms. The van der Waals surface area contributed by atoms with Crippen LogP contribution in [0.2, 0.25) is 0 Å². The number of aromatic hydroxyl groups is 1. The first-order valence-electron chi connectivity index (χ1n) is 6.44. The van der Waals surface area contributed by atoms with Crippen molar-refractivity contribution in [2.24, 2.45) is 0 Å². The number of hydrogen-bond acceptors (Lipinski definition) is 3. The molecule has 2 rings (SSSR count). The Labute approximate surface area is 118 Å². The van der Waals surface area contributed by atoms with Gasteiger partial charge in [0.1, 0.15) is 5.75 Å². The maximum atomic E-state index is 12.2. The van der Waals surface area contributed by atoms with Crippen molar-refractivity contribution in [1.82, 2.24) is 5.32 Å². The number of anilines is 1. The molecule has 4 nitrogen and oxygen atoms in total. The van der Waals surface area contributed by atoms with Gasteiger partial charge in [0.05, 0.1) is 11.6 Å². The summed E-state index contributed by atoms with van der Waals surface area (Å²) in [6.45, 7) is 3.64. The van der Waals surface area contributed by atoms with Crippen molar-refractivity contribution >= 4 is 11.6 Å². The van der Waals surface area contributed by atoms with Gasteiger partial charge >= 0.3 is 0 Å². The van der Waals surface area contributed by atoms with E-state index >= 15 is 0 Å². The van der Waals surface area contributed by atoms with Crippen LogP contribution in [-0.4, -0.2) is 11.0 Å². The first-order chi connectivity index (χ1) is 9.49. The molecule has 4 heteroatoms. The fraction of sp³-hybridized carbons (Fsp3) is 0.188. The lowest BCUT2D eigenvalue weighted by Gasteiger charge is -2.15. The summed E-state index contributed by atoms with van der Waals surface area (Å²) in [5.74, 6) is -0.273. The van der Waals surface area contributed by atoms with Gasteiger partial charge < -0.3 is 16.2 Å². The second-order valence-electron chi connectivity index (χ2n) is 4.83. The highest BCUT2D eigenvalue weighted by Gasteiger charge is 2.15. The standard InChI is InChI=1S/C16H18N2O2/c1-10-4-3-5-14(15(10)19)16(20)18-11(2)12-6-8-13(17)9-7-12/h3-9,11,19H,17H2,1-2H3,(H,18,20). The van der Waals surface area contributed by atoms with Crippen LogP contribution >= 0.6 is 0 Å². The van der Waals surface area contributed by atoms with Gasteiger partial charge in [0.2, 0.25) is 0 Å². The number of rotatable bonds is 3. The molecule has 1 amide bonds. The number of benzene rings is 2. The van der Waals surface area contributed by atoms with Crippen LogP contribution in [0.15, 0.2) is 42.5 Å². The maximum Gasteiger partial charge on any atom is 0.255 e. The first-order valence-corrected chi connectivity index (χ1v) is 6.44. The molecule has 1 atom stereocenters. The van der Waals surface area contributed by atoms with Gasteiger partial charge in [-0.3, -0.25) is 4.79 Å². The topological polar surface area (TPSA) is 75.4 Å². The molecule has 0 heterocycles. The van der Waals surface area contributed by atoms with Crippen LogP contribution in [0.3, 0.4) is 0 Å². The van der Waals surface area contributed by atoms with Gasteiger partial charge in [0.25, 0.3) is 5.91 Å². The fourth-order valence-electron chi connectivity index (χ4n) is 1.98. The summed E-state index contributed by atoms with van der Waals surface area (Å²) < 4.78 is 0. The molecule has 0 aliphatic heterocycles. The van der Waals surface area contributed by atoms with Gasteiger partial charge in [-0.05, 0) is 43.2 Å². The van der Waals surface area contributed by atoms with Crippen molar-refractivity contribution in [1.29, 1.82) is 0 Å². The lowest BCUT2D eigenvalue weighted by molar-refractivity contribution is 0.0937. The SMILES string of the molecule is Cc1cccc(C(=O)NC(C)c2ccc(N)cc2)c1O. The molecule has 20 heavy (non-hydrogen) atoms. The van der Waals surface area contributed by atoms with E-state index in [1.807, 2.05) is 19.1 Å². The second kappa shape index (κ2) is 5.65.